The second-order valence-electron chi connectivity index (χ2n) is 6.23. The molecule has 0 aliphatic carbocycles. The van der Waals surface area contributed by atoms with E-state index < -0.39 is 22.4 Å². The van der Waals surface area contributed by atoms with Crippen LogP contribution in [0.25, 0.3) is 0 Å². The van der Waals surface area contributed by atoms with Crippen molar-refractivity contribution in [3.8, 4) is 11.5 Å². The molecule has 162 valence electrons. The number of rotatable bonds is 8. The fourth-order valence-electron chi connectivity index (χ4n) is 2.34. The molecule has 1 N–H and O–H groups in total. The molecule has 0 heterocycles. The van der Waals surface area contributed by atoms with E-state index in [4.69, 9.17) is 9.47 Å². The molecular formula is C19H19BrF3N3O4. The largest absolute Gasteiger partial charge is 0.493 e. The van der Waals surface area contributed by atoms with Crippen LogP contribution in [0.1, 0.15) is 31.4 Å². The summed E-state index contributed by atoms with van der Waals surface area (Å²) >= 11 is 3.41. The van der Waals surface area contributed by atoms with Gasteiger partial charge in [-0.3, -0.25) is 15.5 Å². The van der Waals surface area contributed by atoms with Crippen LogP contribution < -0.4 is 14.9 Å². The van der Waals surface area contributed by atoms with Crippen molar-refractivity contribution >= 4 is 33.5 Å². The number of nitro benzene ring substituents is 1. The number of nitro groups is 1. The molecule has 0 aliphatic rings. The van der Waals surface area contributed by atoms with Crippen LogP contribution in [0.15, 0.2) is 39.9 Å². The average Bonchev–Trinajstić information content (AvgIpc) is 2.68. The fourth-order valence-corrected chi connectivity index (χ4v) is 2.90. The molecule has 0 saturated heterocycles. The van der Waals surface area contributed by atoms with E-state index >= 15 is 0 Å². The van der Waals surface area contributed by atoms with E-state index in [2.05, 4.69) is 26.5 Å². The van der Waals surface area contributed by atoms with Gasteiger partial charge in [0.05, 0.1) is 34.4 Å². The van der Waals surface area contributed by atoms with E-state index in [1.807, 2.05) is 13.8 Å². The number of ether oxygens (including phenoxy) is 2. The highest BCUT2D eigenvalue weighted by Crippen LogP contribution is 2.37. The number of benzene rings is 2. The Balaban J connectivity index is 2.27. The Morgan fingerprint density at radius 1 is 1.33 bits per heavy atom. The van der Waals surface area contributed by atoms with Crippen molar-refractivity contribution in [1.82, 2.24) is 0 Å². The second kappa shape index (κ2) is 9.79. The highest BCUT2D eigenvalue weighted by atomic mass is 79.9. The van der Waals surface area contributed by atoms with Gasteiger partial charge in [-0.25, -0.2) is 0 Å². The number of hydrogen-bond acceptors (Lipinski definition) is 6. The highest BCUT2D eigenvalue weighted by Gasteiger charge is 2.33. The number of anilines is 1. The van der Waals surface area contributed by atoms with Gasteiger partial charge in [0.1, 0.15) is 5.69 Å². The zero-order chi connectivity index (χ0) is 22.5. The third-order valence-corrected chi connectivity index (χ3v) is 4.66. The first-order valence-corrected chi connectivity index (χ1v) is 9.55. The van der Waals surface area contributed by atoms with Gasteiger partial charge >= 0.3 is 6.18 Å². The number of nitrogens with zero attached hydrogens (tertiary/aromatic N) is 2. The van der Waals surface area contributed by atoms with Crippen molar-refractivity contribution in [2.24, 2.45) is 5.10 Å². The maximum absolute atomic E-state index is 12.8. The zero-order valence-corrected chi connectivity index (χ0v) is 17.9. The normalized spacial score (nSPS) is 12.6. The van der Waals surface area contributed by atoms with E-state index in [1.54, 1.807) is 12.1 Å². The molecule has 0 amide bonds. The predicted molar refractivity (Wildman–Crippen MR) is 110 cm³/mol. The molecule has 2 rings (SSSR count). The Labute approximate surface area is 179 Å². The Hall–Kier alpha value is -2.82. The van der Waals surface area contributed by atoms with Crippen molar-refractivity contribution in [2.75, 3.05) is 12.5 Å². The van der Waals surface area contributed by atoms with E-state index in [0.29, 0.717) is 27.6 Å². The molecule has 0 aliphatic heterocycles. The molecule has 2 aromatic rings. The molecule has 0 unspecified atom stereocenters. The SMILES string of the molecule is CC[C@@H](C)Oc1c(Br)cc(/C=N\Nc2ccc(C(F)(F)F)cc2[N+](=O)[O-])cc1OC. The first-order valence-electron chi connectivity index (χ1n) is 8.75. The number of methoxy groups -OCH3 is 1. The first-order chi connectivity index (χ1) is 14.1. The summed E-state index contributed by atoms with van der Waals surface area (Å²) in [4.78, 5) is 10.2. The third-order valence-electron chi connectivity index (χ3n) is 4.07. The first kappa shape index (κ1) is 23.5. The van der Waals surface area contributed by atoms with Crippen molar-refractivity contribution in [3.05, 3.63) is 56.0 Å². The van der Waals surface area contributed by atoms with E-state index in [0.717, 1.165) is 18.6 Å². The predicted octanol–water partition coefficient (Wildman–Crippen LogP) is 6.01. The van der Waals surface area contributed by atoms with Crippen LogP contribution in [0.5, 0.6) is 11.5 Å². The number of hydrazone groups is 1. The molecule has 0 saturated carbocycles. The van der Waals surface area contributed by atoms with Gasteiger partial charge in [0.2, 0.25) is 0 Å². The molecule has 0 bridgehead atoms. The standard InChI is InChI=1S/C19H19BrF3N3O4/c1-4-11(2)30-18-14(20)7-12(8-17(18)29-3)10-24-25-15-6-5-13(19(21,22)23)9-16(15)26(27)28/h5-11,25H,4H2,1-3H3/b24-10-/t11-/m1/s1. The molecule has 0 radical (unpaired) electrons. The van der Waals surface area contributed by atoms with Crippen molar-refractivity contribution in [2.45, 2.75) is 32.5 Å². The Kier molecular flexibility index (Phi) is 7.65. The topological polar surface area (TPSA) is 86.0 Å². The number of hydrogen-bond donors (Lipinski definition) is 1. The Bertz CT molecular complexity index is 951. The van der Waals surface area contributed by atoms with E-state index in [-0.39, 0.29) is 11.8 Å². The molecule has 1 atom stereocenters. The minimum Gasteiger partial charge on any atom is -0.493 e. The lowest BCUT2D eigenvalue weighted by atomic mass is 10.1. The number of alkyl halides is 3. The summed E-state index contributed by atoms with van der Waals surface area (Å²) < 4.78 is 50.1. The maximum atomic E-state index is 12.8. The van der Waals surface area contributed by atoms with Gasteiger partial charge in [0.25, 0.3) is 5.69 Å². The van der Waals surface area contributed by atoms with Crippen molar-refractivity contribution < 1.29 is 27.6 Å². The summed E-state index contributed by atoms with van der Waals surface area (Å²) in [6, 6.07) is 5.50. The summed E-state index contributed by atoms with van der Waals surface area (Å²) in [7, 11) is 1.48. The lowest BCUT2D eigenvalue weighted by molar-refractivity contribution is -0.384. The summed E-state index contributed by atoms with van der Waals surface area (Å²) in [6.45, 7) is 3.90. The molecule has 0 spiro atoms. The lowest BCUT2D eigenvalue weighted by Gasteiger charge is -2.17. The van der Waals surface area contributed by atoms with Crippen LogP contribution >= 0.6 is 15.9 Å². The number of nitrogens with one attached hydrogen (secondary N) is 1. The molecule has 0 aromatic heterocycles. The smallest absolute Gasteiger partial charge is 0.416 e. The minimum atomic E-state index is -4.69. The summed E-state index contributed by atoms with van der Waals surface area (Å²) in [5.74, 6) is 0.974. The van der Waals surface area contributed by atoms with Crippen molar-refractivity contribution in [3.63, 3.8) is 0 Å². The minimum absolute atomic E-state index is 0.0309. The van der Waals surface area contributed by atoms with Crippen LogP contribution in [-0.2, 0) is 6.18 Å². The van der Waals surface area contributed by atoms with Gasteiger partial charge < -0.3 is 9.47 Å². The molecule has 7 nitrogen and oxygen atoms in total. The molecular weight excluding hydrogens is 471 g/mol. The van der Waals surface area contributed by atoms with Crippen LogP contribution in [0.4, 0.5) is 24.5 Å². The van der Waals surface area contributed by atoms with Gasteiger partial charge in [-0.2, -0.15) is 18.3 Å². The van der Waals surface area contributed by atoms with Gasteiger partial charge in [0.15, 0.2) is 11.5 Å². The Morgan fingerprint density at radius 3 is 2.60 bits per heavy atom. The van der Waals surface area contributed by atoms with E-state index in [1.165, 1.54) is 13.3 Å². The second-order valence-corrected chi connectivity index (χ2v) is 7.08. The number of halogens is 4. The molecule has 0 fully saturated rings. The van der Waals surface area contributed by atoms with Crippen LogP contribution in [0.2, 0.25) is 0 Å². The molecule has 11 heteroatoms. The summed E-state index contributed by atoms with van der Waals surface area (Å²) in [6.07, 6.45) is -2.57. The quantitative estimate of drug-likeness (QED) is 0.278. The van der Waals surface area contributed by atoms with Gasteiger partial charge in [0, 0.05) is 6.07 Å². The van der Waals surface area contributed by atoms with Gasteiger partial charge in [-0.05, 0) is 59.1 Å². The van der Waals surface area contributed by atoms with Gasteiger partial charge in [-0.15, -0.1) is 0 Å². The monoisotopic (exact) mass is 489 g/mol. The Morgan fingerprint density at radius 2 is 2.03 bits per heavy atom. The summed E-state index contributed by atoms with van der Waals surface area (Å²) in [5, 5.41) is 15.0. The van der Waals surface area contributed by atoms with Crippen LogP contribution in [0.3, 0.4) is 0 Å². The fraction of sp³-hybridized carbons (Fsp3) is 0.316. The third kappa shape index (κ3) is 5.85. The average molecular weight is 490 g/mol. The maximum Gasteiger partial charge on any atom is 0.416 e. The molecule has 2 aromatic carbocycles. The summed E-state index contributed by atoms with van der Waals surface area (Å²) in [5.41, 5.74) is 0.946. The van der Waals surface area contributed by atoms with E-state index in [9.17, 15) is 23.3 Å². The van der Waals surface area contributed by atoms with Crippen LogP contribution in [-0.4, -0.2) is 24.4 Å². The highest BCUT2D eigenvalue weighted by molar-refractivity contribution is 9.10. The lowest BCUT2D eigenvalue weighted by Crippen LogP contribution is -2.11. The van der Waals surface area contributed by atoms with Crippen molar-refractivity contribution in [1.29, 1.82) is 0 Å². The van der Waals surface area contributed by atoms with Crippen LogP contribution in [0, 0.1) is 10.1 Å². The van der Waals surface area contributed by atoms with Gasteiger partial charge in [-0.1, -0.05) is 6.92 Å². The molecule has 30 heavy (non-hydrogen) atoms. The zero-order valence-electron chi connectivity index (χ0n) is 16.3.